The maximum atomic E-state index is 11.2. The number of nitrogens with one attached hydrogen (secondary N) is 1. The number of hydrogen-bond acceptors (Lipinski definition) is 3. The van der Waals surface area contributed by atoms with Gasteiger partial charge in [-0.15, -0.1) is 0 Å². The van der Waals surface area contributed by atoms with Crippen molar-refractivity contribution in [3.05, 3.63) is 0 Å². The largest absolute Gasteiger partial charge is 0.481 e. The number of nitrogens with two attached hydrogens (primary N) is 1. The highest BCUT2D eigenvalue weighted by Crippen LogP contribution is 2.36. The molecule has 4 N–H and O–H groups in total. The monoisotopic (exact) mass is 284 g/mol. The molecule has 20 heavy (non-hydrogen) atoms. The van der Waals surface area contributed by atoms with E-state index in [1.807, 2.05) is 6.92 Å². The molecule has 116 valence electrons. The van der Waals surface area contributed by atoms with E-state index in [2.05, 4.69) is 12.2 Å². The van der Waals surface area contributed by atoms with Gasteiger partial charge in [-0.25, -0.2) is 0 Å². The van der Waals surface area contributed by atoms with E-state index in [4.69, 9.17) is 5.73 Å². The predicted octanol–water partition coefficient (Wildman–Crippen LogP) is 1.76. The Morgan fingerprint density at radius 2 is 2.05 bits per heavy atom. The third kappa shape index (κ3) is 4.78. The molecule has 0 aromatic rings. The maximum Gasteiger partial charge on any atom is 0.306 e. The van der Waals surface area contributed by atoms with E-state index >= 15 is 0 Å². The molecule has 5 nitrogen and oxygen atoms in total. The van der Waals surface area contributed by atoms with Crippen LogP contribution in [0.4, 0.5) is 0 Å². The number of amides is 1. The second-order valence-corrected chi connectivity index (χ2v) is 6.17. The molecular weight excluding hydrogens is 256 g/mol. The molecule has 0 aliphatic heterocycles. The van der Waals surface area contributed by atoms with Crippen molar-refractivity contribution in [1.29, 1.82) is 0 Å². The molecule has 0 spiro atoms. The van der Waals surface area contributed by atoms with Gasteiger partial charge in [0.25, 0.3) is 0 Å². The molecule has 0 saturated heterocycles. The van der Waals surface area contributed by atoms with E-state index in [9.17, 15) is 14.7 Å². The standard InChI is InChI=1S/C15H28N2O3/c1-4-11(9(2)17-10(3)18)5-6-12-7-13(16)8-14(12)15(19)20/h9,11-14H,4-8,16H2,1-3H3,(H,17,18)(H,19,20)/t9?,11?,12?,13-,14?/m0/s1. The van der Waals surface area contributed by atoms with E-state index in [0.717, 1.165) is 25.7 Å². The fourth-order valence-corrected chi connectivity index (χ4v) is 3.46. The first-order valence-corrected chi connectivity index (χ1v) is 7.60. The molecule has 0 bridgehead atoms. The average molecular weight is 284 g/mol. The van der Waals surface area contributed by atoms with Crippen molar-refractivity contribution in [2.75, 3.05) is 0 Å². The van der Waals surface area contributed by atoms with Crippen LogP contribution in [0.5, 0.6) is 0 Å². The van der Waals surface area contributed by atoms with E-state index in [1.54, 1.807) is 0 Å². The normalized spacial score (nSPS) is 28.9. The minimum Gasteiger partial charge on any atom is -0.481 e. The van der Waals surface area contributed by atoms with Gasteiger partial charge in [0, 0.05) is 19.0 Å². The molecule has 0 aromatic heterocycles. The second kappa shape index (κ2) is 7.62. The Morgan fingerprint density at radius 3 is 2.55 bits per heavy atom. The lowest BCUT2D eigenvalue weighted by Crippen LogP contribution is -2.36. The van der Waals surface area contributed by atoms with Gasteiger partial charge in [-0.3, -0.25) is 9.59 Å². The van der Waals surface area contributed by atoms with Crippen LogP contribution in [-0.4, -0.2) is 29.1 Å². The minimum absolute atomic E-state index is 0.0118. The molecule has 5 heteroatoms. The first-order chi connectivity index (χ1) is 9.35. The number of rotatable bonds is 7. The van der Waals surface area contributed by atoms with Crippen LogP contribution in [-0.2, 0) is 9.59 Å². The molecule has 0 radical (unpaired) electrons. The zero-order valence-electron chi connectivity index (χ0n) is 12.8. The maximum absolute atomic E-state index is 11.2. The lowest BCUT2D eigenvalue weighted by Gasteiger charge is -2.25. The van der Waals surface area contributed by atoms with E-state index in [1.165, 1.54) is 6.92 Å². The SMILES string of the molecule is CCC(CCC1C[C@H](N)CC1C(=O)O)C(C)NC(C)=O. The quantitative estimate of drug-likeness (QED) is 0.664. The molecule has 5 atom stereocenters. The van der Waals surface area contributed by atoms with Crippen LogP contribution in [0.1, 0.15) is 52.9 Å². The van der Waals surface area contributed by atoms with Crippen molar-refractivity contribution >= 4 is 11.9 Å². The summed E-state index contributed by atoms with van der Waals surface area (Å²) in [5.74, 6) is -0.446. The number of aliphatic carboxylic acids is 1. The van der Waals surface area contributed by atoms with Gasteiger partial charge >= 0.3 is 5.97 Å². The van der Waals surface area contributed by atoms with Gasteiger partial charge in [0.05, 0.1) is 5.92 Å². The van der Waals surface area contributed by atoms with Crippen molar-refractivity contribution in [3.63, 3.8) is 0 Å². The Hall–Kier alpha value is -1.10. The minimum atomic E-state index is -0.717. The lowest BCUT2D eigenvalue weighted by molar-refractivity contribution is -0.143. The van der Waals surface area contributed by atoms with Crippen molar-refractivity contribution in [3.8, 4) is 0 Å². The number of carbonyl (C=O) groups is 2. The van der Waals surface area contributed by atoms with Gasteiger partial charge < -0.3 is 16.2 Å². The third-order valence-corrected chi connectivity index (χ3v) is 4.62. The summed E-state index contributed by atoms with van der Waals surface area (Å²) >= 11 is 0. The van der Waals surface area contributed by atoms with Crippen molar-refractivity contribution in [2.24, 2.45) is 23.5 Å². The highest BCUT2D eigenvalue weighted by molar-refractivity contribution is 5.73. The molecule has 0 aromatic carbocycles. The van der Waals surface area contributed by atoms with Gasteiger partial charge in [0.15, 0.2) is 0 Å². The summed E-state index contributed by atoms with van der Waals surface area (Å²) in [5, 5.41) is 12.2. The molecule has 4 unspecified atom stereocenters. The third-order valence-electron chi connectivity index (χ3n) is 4.62. The highest BCUT2D eigenvalue weighted by atomic mass is 16.4. The van der Waals surface area contributed by atoms with Gasteiger partial charge in [-0.2, -0.15) is 0 Å². The Morgan fingerprint density at radius 1 is 1.40 bits per heavy atom. The summed E-state index contributed by atoms with van der Waals surface area (Å²) in [7, 11) is 0. The van der Waals surface area contributed by atoms with Gasteiger partial charge in [0.1, 0.15) is 0 Å². The summed E-state index contributed by atoms with van der Waals surface area (Å²) in [6, 6.07) is 0.157. The first-order valence-electron chi connectivity index (χ1n) is 7.60. The smallest absolute Gasteiger partial charge is 0.306 e. The lowest BCUT2D eigenvalue weighted by atomic mass is 9.85. The van der Waals surface area contributed by atoms with Crippen LogP contribution >= 0.6 is 0 Å². The summed E-state index contributed by atoms with van der Waals surface area (Å²) in [5.41, 5.74) is 5.90. The number of carboxylic acids is 1. The van der Waals surface area contributed by atoms with Gasteiger partial charge in [-0.05, 0) is 44.4 Å². The predicted molar refractivity (Wildman–Crippen MR) is 78.1 cm³/mol. The van der Waals surface area contributed by atoms with Crippen LogP contribution < -0.4 is 11.1 Å². The summed E-state index contributed by atoms with van der Waals surface area (Å²) < 4.78 is 0. The molecule has 0 heterocycles. The fourth-order valence-electron chi connectivity index (χ4n) is 3.46. The molecule has 1 aliphatic rings. The number of carboxylic acid groups (broad SMARTS) is 1. The highest BCUT2D eigenvalue weighted by Gasteiger charge is 2.37. The van der Waals surface area contributed by atoms with Crippen molar-refractivity contribution in [1.82, 2.24) is 5.32 Å². The number of hydrogen-bond donors (Lipinski definition) is 3. The van der Waals surface area contributed by atoms with Crippen molar-refractivity contribution in [2.45, 2.75) is 65.0 Å². The second-order valence-electron chi connectivity index (χ2n) is 6.17. The van der Waals surface area contributed by atoms with E-state index in [-0.39, 0.29) is 29.8 Å². The Bertz CT molecular complexity index is 346. The fraction of sp³-hybridized carbons (Fsp3) is 0.867. The van der Waals surface area contributed by atoms with Gasteiger partial charge in [-0.1, -0.05) is 13.3 Å². The van der Waals surface area contributed by atoms with Crippen LogP contribution in [0.2, 0.25) is 0 Å². The van der Waals surface area contributed by atoms with E-state index in [0.29, 0.717) is 12.3 Å². The van der Waals surface area contributed by atoms with Crippen LogP contribution in [0.25, 0.3) is 0 Å². The number of carbonyl (C=O) groups excluding carboxylic acids is 1. The Labute approximate surface area is 121 Å². The summed E-state index contributed by atoms with van der Waals surface area (Å²) in [6.45, 7) is 5.66. The Kier molecular flexibility index (Phi) is 6.46. The average Bonchev–Trinajstić information content (AvgIpc) is 2.70. The molecule has 1 saturated carbocycles. The van der Waals surface area contributed by atoms with Crippen LogP contribution in [0, 0.1) is 17.8 Å². The molecular formula is C15H28N2O3. The molecule has 1 aliphatic carbocycles. The summed E-state index contributed by atoms with van der Waals surface area (Å²) in [6.07, 6.45) is 4.21. The zero-order chi connectivity index (χ0) is 15.3. The van der Waals surface area contributed by atoms with Crippen molar-refractivity contribution < 1.29 is 14.7 Å². The summed E-state index contributed by atoms with van der Waals surface area (Å²) in [4.78, 5) is 22.4. The molecule has 1 amide bonds. The molecule has 1 fully saturated rings. The topological polar surface area (TPSA) is 92.4 Å². The van der Waals surface area contributed by atoms with E-state index < -0.39 is 5.97 Å². The van der Waals surface area contributed by atoms with Crippen LogP contribution in [0.3, 0.4) is 0 Å². The van der Waals surface area contributed by atoms with Gasteiger partial charge in [0.2, 0.25) is 5.91 Å². The Balaban J connectivity index is 2.50. The first kappa shape index (κ1) is 17.0. The van der Waals surface area contributed by atoms with Crippen LogP contribution in [0.15, 0.2) is 0 Å². The molecule has 1 rings (SSSR count). The zero-order valence-corrected chi connectivity index (χ0v) is 12.8.